The second kappa shape index (κ2) is 6.33. The molecule has 0 saturated carbocycles. The third-order valence-corrected chi connectivity index (χ3v) is 4.29. The van der Waals surface area contributed by atoms with Crippen LogP contribution in [-0.4, -0.2) is 41.4 Å². The first-order valence-corrected chi connectivity index (χ1v) is 7.57. The minimum atomic E-state index is 0.0884. The predicted octanol–water partition coefficient (Wildman–Crippen LogP) is 2.08. The van der Waals surface area contributed by atoms with Gasteiger partial charge in [-0.05, 0) is 18.2 Å². The molecule has 0 aromatic heterocycles. The van der Waals surface area contributed by atoms with Crippen LogP contribution in [0.5, 0.6) is 5.75 Å². The second-order valence-corrected chi connectivity index (χ2v) is 5.80. The Morgan fingerprint density at radius 3 is 3.24 bits per heavy atom. The molecule has 5 heteroatoms. The molecule has 92 valence electrons. The number of fused-ring (bicyclic) bond motifs is 1. The fraction of sp³-hybridized carbons (Fsp3) is 0.417. The average Bonchev–Trinajstić information content (AvgIpc) is 2.38. The Kier molecular flexibility index (Phi) is 4.76. The van der Waals surface area contributed by atoms with Gasteiger partial charge in [0.2, 0.25) is 0 Å². The molecule has 1 aromatic rings. The molecule has 0 bridgehead atoms. The molecule has 1 heterocycles. The van der Waals surface area contributed by atoms with Crippen molar-refractivity contribution in [2.75, 3.05) is 30.5 Å². The molecule has 1 aliphatic rings. The Morgan fingerprint density at radius 2 is 2.41 bits per heavy atom. The molecule has 1 aliphatic heterocycles. The number of carbonyl (C=O) groups excluding carboxylic acids is 1. The van der Waals surface area contributed by atoms with E-state index in [0.717, 1.165) is 16.4 Å². The summed E-state index contributed by atoms with van der Waals surface area (Å²) in [7, 11) is 0. The third-order valence-electron chi connectivity index (χ3n) is 2.33. The van der Waals surface area contributed by atoms with E-state index in [1.165, 1.54) is 11.8 Å². The number of benzene rings is 1. The average molecular weight is 270 g/mol. The highest BCUT2D eigenvalue weighted by atomic mass is 32.2. The van der Waals surface area contributed by atoms with Crippen molar-refractivity contribution in [2.45, 2.75) is 4.90 Å². The van der Waals surface area contributed by atoms with Gasteiger partial charge in [0, 0.05) is 22.0 Å². The van der Waals surface area contributed by atoms with Crippen molar-refractivity contribution in [3.05, 3.63) is 23.8 Å². The SMILES string of the molecule is O=C(CSCCO)c1ccc2c(c1)OCCS2. The van der Waals surface area contributed by atoms with Crippen molar-refractivity contribution in [1.29, 1.82) is 0 Å². The van der Waals surface area contributed by atoms with Crippen LogP contribution in [0, 0.1) is 0 Å². The highest BCUT2D eigenvalue weighted by Gasteiger charge is 2.14. The zero-order valence-corrected chi connectivity index (χ0v) is 11.0. The summed E-state index contributed by atoms with van der Waals surface area (Å²) in [6.45, 7) is 0.816. The van der Waals surface area contributed by atoms with Gasteiger partial charge in [-0.3, -0.25) is 4.79 Å². The zero-order chi connectivity index (χ0) is 12.1. The van der Waals surface area contributed by atoms with Crippen LogP contribution in [0.3, 0.4) is 0 Å². The summed E-state index contributed by atoms with van der Waals surface area (Å²) in [6, 6.07) is 5.62. The summed E-state index contributed by atoms with van der Waals surface area (Å²) >= 11 is 3.20. The van der Waals surface area contributed by atoms with Crippen molar-refractivity contribution in [3.63, 3.8) is 0 Å². The molecular weight excluding hydrogens is 256 g/mol. The van der Waals surface area contributed by atoms with Gasteiger partial charge in [0.1, 0.15) is 5.75 Å². The lowest BCUT2D eigenvalue weighted by atomic mass is 10.1. The topological polar surface area (TPSA) is 46.5 Å². The number of hydrogen-bond acceptors (Lipinski definition) is 5. The normalized spacial score (nSPS) is 13.9. The van der Waals surface area contributed by atoms with Crippen molar-refractivity contribution >= 4 is 29.3 Å². The fourth-order valence-corrected chi connectivity index (χ4v) is 2.97. The molecule has 1 aromatic carbocycles. The number of aliphatic hydroxyl groups excluding tert-OH is 1. The Morgan fingerprint density at radius 1 is 1.53 bits per heavy atom. The maximum atomic E-state index is 11.8. The third kappa shape index (κ3) is 3.40. The summed E-state index contributed by atoms with van der Waals surface area (Å²) < 4.78 is 5.52. The first kappa shape index (κ1) is 12.8. The smallest absolute Gasteiger partial charge is 0.172 e. The van der Waals surface area contributed by atoms with Crippen molar-refractivity contribution in [1.82, 2.24) is 0 Å². The maximum absolute atomic E-state index is 11.8. The van der Waals surface area contributed by atoms with Gasteiger partial charge in [-0.2, -0.15) is 11.8 Å². The van der Waals surface area contributed by atoms with Crippen molar-refractivity contribution in [2.24, 2.45) is 0 Å². The van der Waals surface area contributed by atoms with Gasteiger partial charge in [-0.15, -0.1) is 11.8 Å². The number of carbonyl (C=O) groups is 1. The standard InChI is InChI=1S/C12H14O3S2/c13-3-5-16-8-10(14)9-1-2-12-11(7-9)15-4-6-17-12/h1-2,7,13H,3-6,8H2. The first-order valence-electron chi connectivity index (χ1n) is 5.42. The van der Waals surface area contributed by atoms with E-state index in [9.17, 15) is 4.79 Å². The van der Waals surface area contributed by atoms with Crippen LogP contribution < -0.4 is 4.74 Å². The molecular formula is C12H14O3S2. The highest BCUT2D eigenvalue weighted by molar-refractivity contribution is 8.00. The molecule has 17 heavy (non-hydrogen) atoms. The molecule has 0 spiro atoms. The number of hydrogen-bond donors (Lipinski definition) is 1. The molecule has 0 atom stereocenters. The molecule has 0 amide bonds. The highest BCUT2D eigenvalue weighted by Crippen LogP contribution is 2.33. The monoisotopic (exact) mass is 270 g/mol. The van der Waals surface area contributed by atoms with E-state index in [-0.39, 0.29) is 12.4 Å². The Hall–Kier alpha value is -0.650. The van der Waals surface area contributed by atoms with E-state index in [2.05, 4.69) is 0 Å². The molecule has 3 nitrogen and oxygen atoms in total. The number of ether oxygens (including phenoxy) is 1. The molecule has 0 saturated heterocycles. The van der Waals surface area contributed by atoms with Crippen LogP contribution in [-0.2, 0) is 0 Å². The Labute approximate surface area is 109 Å². The summed E-state index contributed by atoms with van der Waals surface area (Å²) in [5.41, 5.74) is 0.691. The quantitative estimate of drug-likeness (QED) is 0.655. The van der Waals surface area contributed by atoms with Crippen molar-refractivity contribution in [3.8, 4) is 5.75 Å². The van der Waals surface area contributed by atoms with E-state index in [1.54, 1.807) is 11.8 Å². The van der Waals surface area contributed by atoms with Crippen LogP contribution in [0.2, 0.25) is 0 Å². The first-order chi connectivity index (χ1) is 8.31. The van der Waals surface area contributed by atoms with Crippen LogP contribution in [0.1, 0.15) is 10.4 Å². The number of aliphatic hydroxyl groups is 1. The van der Waals surface area contributed by atoms with Gasteiger partial charge < -0.3 is 9.84 Å². The summed E-state index contributed by atoms with van der Waals surface area (Å²) in [5.74, 6) is 2.88. The van der Waals surface area contributed by atoms with E-state index in [1.807, 2.05) is 18.2 Å². The van der Waals surface area contributed by atoms with Gasteiger partial charge in [-0.1, -0.05) is 0 Å². The van der Waals surface area contributed by atoms with Gasteiger partial charge in [0.25, 0.3) is 0 Å². The summed E-state index contributed by atoms with van der Waals surface area (Å²) in [4.78, 5) is 12.9. The maximum Gasteiger partial charge on any atom is 0.172 e. The molecule has 1 N–H and O–H groups in total. The number of Topliss-reactive ketones (excluding diaryl/α,β-unsaturated/α-hetero) is 1. The molecule has 0 fully saturated rings. The van der Waals surface area contributed by atoms with Gasteiger partial charge >= 0.3 is 0 Å². The van der Waals surface area contributed by atoms with Gasteiger partial charge in [0.05, 0.1) is 19.0 Å². The Bertz CT molecular complexity index is 407. The molecule has 2 rings (SSSR count). The lowest BCUT2D eigenvalue weighted by Crippen LogP contribution is -2.09. The second-order valence-electron chi connectivity index (χ2n) is 3.56. The van der Waals surface area contributed by atoms with Gasteiger partial charge in [0.15, 0.2) is 5.78 Å². The van der Waals surface area contributed by atoms with E-state index < -0.39 is 0 Å². The minimum absolute atomic E-state index is 0.0884. The summed E-state index contributed by atoms with van der Waals surface area (Å²) in [6.07, 6.45) is 0. The van der Waals surface area contributed by atoms with Crippen molar-refractivity contribution < 1.29 is 14.6 Å². The van der Waals surface area contributed by atoms with Crippen LogP contribution in [0.25, 0.3) is 0 Å². The number of rotatable bonds is 5. The Balaban J connectivity index is 2.03. The number of thioether (sulfide) groups is 2. The van der Waals surface area contributed by atoms with E-state index >= 15 is 0 Å². The lowest BCUT2D eigenvalue weighted by molar-refractivity contribution is 0.102. The zero-order valence-electron chi connectivity index (χ0n) is 9.35. The fourth-order valence-electron chi connectivity index (χ4n) is 1.53. The minimum Gasteiger partial charge on any atom is -0.492 e. The lowest BCUT2D eigenvalue weighted by Gasteiger charge is -2.17. The van der Waals surface area contributed by atoms with E-state index in [0.29, 0.717) is 23.7 Å². The summed E-state index contributed by atoms with van der Waals surface area (Å²) in [5, 5.41) is 8.65. The van der Waals surface area contributed by atoms with Crippen LogP contribution in [0.15, 0.2) is 23.1 Å². The molecule has 0 aliphatic carbocycles. The molecule has 0 radical (unpaired) electrons. The van der Waals surface area contributed by atoms with Crippen LogP contribution in [0.4, 0.5) is 0 Å². The van der Waals surface area contributed by atoms with Gasteiger partial charge in [-0.25, -0.2) is 0 Å². The molecule has 0 unspecified atom stereocenters. The largest absolute Gasteiger partial charge is 0.492 e. The number of ketones is 1. The predicted molar refractivity (Wildman–Crippen MR) is 71.4 cm³/mol. The van der Waals surface area contributed by atoms with Crippen LogP contribution >= 0.6 is 23.5 Å². The van der Waals surface area contributed by atoms with E-state index in [4.69, 9.17) is 9.84 Å².